The van der Waals surface area contributed by atoms with Gasteiger partial charge in [0.15, 0.2) is 0 Å². The van der Waals surface area contributed by atoms with Crippen molar-refractivity contribution in [3.05, 3.63) is 0 Å². The van der Waals surface area contributed by atoms with Crippen LogP contribution in [0, 0.1) is 5.92 Å². The summed E-state index contributed by atoms with van der Waals surface area (Å²) in [4.78, 5) is 13.9. The van der Waals surface area contributed by atoms with E-state index in [-0.39, 0.29) is 36.9 Å². The van der Waals surface area contributed by atoms with Gasteiger partial charge in [0.25, 0.3) is 0 Å². The highest BCUT2D eigenvalue weighted by Crippen LogP contribution is 2.37. The molecule has 1 heterocycles. The predicted molar refractivity (Wildman–Crippen MR) is 70.2 cm³/mol. The molecule has 0 unspecified atom stereocenters. The van der Waals surface area contributed by atoms with E-state index in [9.17, 15) is 18.0 Å². The maximum Gasteiger partial charge on any atom is 0.391 e. The van der Waals surface area contributed by atoms with Crippen LogP contribution >= 0.6 is 0 Å². The minimum absolute atomic E-state index is 0.0362. The zero-order valence-electron chi connectivity index (χ0n) is 12.0. The number of nitrogens with zero attached hydrogens (tertiary/aromatic N) is 1. The second-order valence-corrected chi connectivity index (χ2v) is 6.24. The molecule has 1 amide bonds. The number of rotatable bonds is 3. The third kappa shape index (κ3) is 3.45. The lowest BCUT2D eigenvalue weighted by Crippen LogP contribution is -2.47. The first-order valence-electron chi connectivity index (χ1n) is 7.42. The Bertz CT molecular complexity index is 357. The molecule has 1 aliphatic heterocycles. The van der Waals surface area contributed by atoms with E-state index in [0.29, 0.717) is 19.4 Å². The van der Waals surface area contributed by atoms with Crippen molar-refractivity contribution in [2.24, 2.45) is 5.92 Å². The van der Waals surface area contributed by atoms with Crippen LogP contribution in [0.15, 0.2) is 0 Å². The molecule has 6 heteroatoms. The van der Waals surface area contributed by atoms with Crippen LogP contribution in [-0.4, -0.2) is 41.7 Å². The molecule has 0 bridgehead atoms. The van der Waals surface area contributed by atoms with E-state index in [0.717, 1.165) is 6.42 Å². The van der Waals surface area contributed by atoms with Gasteiger partial charge >= 0.3 is 6.18 Å². The summed E-state index contributed by atoms with van der Waals surface area (Å²) in [5, 5.41) is 3.16. The van der Waals surface area contributed by atoms with Crippen molar-refractivity contribution in [3.63, 3.8) is 0 Å². The fraction of sp³-hybridized carbons (Fsp3) is 0.929. The summed E-state index contributed by atoms with van der Waals surface area (Å²) in [5.74, 6) is -1.18. The van der Waals surface area contributed by atoms with E-state index < -0.39 is 12.1 Å². The van der Waals surface area contributed by atoms with Gasteiger partial charge in [-0.2, -0.15) is 13.2 Å². The Morgan fingerprint density at radius 1 is 1.25 bits per heavy atom. The van der Waals surface area contributed by atoms with Crippen LogP contribution in [0.3, 0.4) is 0 Å². The molecule has 3 atom stereocenters. The summed E-state index contributed by atoms with van der Waals surface area (Å²) < 4.78 is 38.3. The first-order chi connectivity index (χ1) is 9.29. The van der Waals surface area contributed by atoms with Crippen molar-refractivity contribution in [3.8, 4) is 0 Å². The van der Waals surface area contributed by atoms with E-state index in [1.54, 1.807) is 4.90 Å². The second kappa shape index (κ2) is 5.92. The van der Waals surface area contributed by atoms with Gasteiger partial charge in [0.1, 0.15) is 0 Å². The molecule has 2 aliphatic rings. The molecule has 0 radical (unpaired) electrons. The van der Waals surface area contributed by atoms with E-state index in [1.807, 2.05) is 13.8 Å². The van der Waals surface area contributed by atoms with Crippen LogP contribution in [0.5, 0.6) is 0 Å². The summed E-state index contributed by atoms with van der Waals surface area (Å²) in [6, 6.07) is -0.325. The Balaban J connectivity index is 1.89. The predicted octanol–water partition coefficient (Wildman–Crippen LogP) is 2.71. The highest BCUT2D eigenvalue weighted by Gasteiger charge is 2.43. The summed E-state index contributed by atoms with van der Waals surface area (Å²) in [6.45, 7) is 4.62. The van der Waals surface area contributed by atoms with Gasteiger partial charge in [0, 0.05) is 18.6 Å². The third-order valence-corrected chi connectivity index (χ3v) is 4.44. The van der Waals surface area contributed by atoms with Gasteiger partial charge in [0.2, 0.25) is 5.91 Å². The van der Waals surface area contributed by atoms with Crippen LogP contribution in [-0.2, 0) is 4.79 Å². The van der Waals surface area contributed by atoms with Crippen molar-refractivity contribution >= 4 is 5.91 Å². The fourth-order valence-corrected chi connectivity index (χ4v) is 3.29. The molecule has 1 saturated carbocycles. The van der Waals surface area contributed by atoms with Crippen molar-refractivity contribution in [2.45, 2.75) is 70.3 Å². The molecule has 2 rings (SSSR count). The maximum absolute atomic E-state index is 12.8. The van der Waals surface area contributed by atoms with Gasteiger partial charge in [-0.15, -0.1) is 0 Å². The lowest BCUT2D eigenvalue weighted by Gasteiger charge is -2.32. The standard InChI is InChI=1S/C14H23F3N2O/c1-9(2)19-7-6-12(13(19)20)18-11-5-3-4-10(8-11)14(15,16)17/h9-12,18H,3-8H2,1-2H3/t10-,11-,12+/m1/s1. The number of amides is 1. The molecule has 0 spiro atoms. The molecule has 1 saturated heterocycles. The van der Waals surface area contributed by atoms with Crippen LogP contribution in [0.25, 0.3) is 0 Å². The number of carbonyl (C=O) groups is 1. The first-order valence-corrected chi connectivity index (χ1v) is 7.42. The Morgan fingerprint density at radius 2 is 1.95 bits per heavy atom. The van der Waals surface area contributed by atoms with Crippen molar-refractivity contribution in [1.82, 2.24) is 10.2 Å². The van der Waals surface area contributed by atoms with Gasteiger partial charge in [-0.3, -0.25) is 4.79 Å². The van der Waals surface area contributed by atoms with Crippen LogP contribution in [0.1, 0.15) is 46.0 Å². The number of carbonyl (C=O) groups excluding carboxylic acids is 1. The Hall–Kier alpha value is -0.780. The number of likely N-dealkylation sites (tertiary alicyclic amines) is 1. The minimum Gasteiger partial charge on any atom is -0.339 e. The van der Waals surface area contributed by atoms with E-state index >= 15 is 0 Å². The second-order valence-electron chi connectivity index (χ2n) is 6.24. The number of hydrogen-bond donors (Lipinski definition) is 1. The van der Waals surface area contributed by atoms with Gasteiger partial charge < -0.3 is 10.2 Å². The summed E-state index contributed by atoms with van der Waals surface area (Å²) >= 11 is 0. The SMILES string of the molecule is CC(C)N1CC[C@H](N[C@@H]2CCC[C@@H](C(F)(F)F)C2)C1=O. The minimum atomic E-state index is -4.11. The number of halogens is 3. The average Bonchev–Trinajstić information content (AvgIpc) is 2.70. The zero-order chi connectivity index (χ0) is 14.9. The summed E-state index contributed by atoms with van der Waals surface area (Å²) in [6.07, 6.45) is -1.77. The molecular formula is C14H23F3N2O. The summed E-state index contributed by atoms with van der Waals surface area (Å²) in [7, 11) is 0. The van der Waals surface area contributed by atoms with E-state index in [1.165, 1.54) is 0 Å². The van der Waals surface area contributed by atoms with Crippen molar-refractivity contribution < 1.29 is 18.0 Å². The number of nitrogens with one attached hydrogen (secondary N) is 1. The van der Waals surface area contributed by atoms with Crippen LogP contribution in [0.2, 0.25) is 0 Å². The zero-order valence-corrected chi connectivity index (χ0v) is 12.0. The Morgan fingerprint density at radius 3 is 2.50 bits per heavy atom. The van der Waals surface area contributed by atoms with Gasteiger partial charge in [-0.25, -0.2) is 0 Å². The molecule has 1 N–H and O–H groups in total. The third-order valence-electron chi connectivity index (χ3n) is 4.44. The quantitative estimate of drug-likeness (QED) is 0.867. The normalized spacial score (nSPS) is 32.2. The number of alkyl halides is 3. The largest absolute Gasteiger partial charge is 0.391 e. The van der Waals surface area contributed by atoms with Gasteiger partial charge in [-0.1, -0.05) is 6.42 Å². The molecule has 0 aromatic carbocycles. The molecule has 20 heavy (non-hydrogen) atoms. The van der Waals surface area contributed by atoms with Crippen LogP contribution in [0.4, 0.5) is 13.2 Å². The van der Waals surface area contributed by atoms with Crippen LogP contribution < -0.4 is 5.32 Å². The Kier molecular flexibility index (Phi) is 4.62. The maximum atomic E-state index is 12.8. The molecule has 0 aromatic heterocycles. The monoisotopic (exact) mass is 292 g/mol. The van der Waals surface area contributed by atoms with Crippen molar-refractivity contribution in [2.75, 3.05) is 6.54 Å². The van der Waals surface area contributed by atoms with Gasteiger partial charge in [0.05, 0.1) is 12.0 Å². The summed E-state index contributed by atoms with van der Waals surface area (Å²) in [5.41, 5.74) is 0. The topological polar surface area (TPSA) is 32.3 Å². The number of hydrogen-bond acceptors (Lipinski definition) is 2. The smallest absolute Gasteiger partial charge is 0.339 e. The molecule has 3 nitrogen and oxygen atoms in total. The lowest BCUT2D eigenvalue weighted by atomic mass is 9.85. The van der Waals surface area contributed by atoms with E-state index in [4.69, 9.17) is 0 Å². The highest BCUT2D eigenvalue weighted by atomic mass is 19.4. The van der Waals surface area contributed by atoms with Crippen molar-refractivity contribution in [1.29, 1.82) is 0 Å². The average molecular weight is 292 g/mol. The molecule has 116 valence electrons. The lowest BCUT2D eigenvalue weighted by molar-refractivity contribution is -0.183. The molecule has 0 aromatic rings. The molecule has 2 fully saturated rings. The molecular weight excluding hydrogens is 269 g/mol. The first kappa shape index (κ1) is 15.6. The van der Waals surface area contributed by atoms with E-state index in [2.05, 4.69) is 5.32 Å². The Labute approximate surface area is 117 Å². The molecule has 1 aliphatic carbocycles. The fourth-order valence-electron chi connectivity index (χ4n) is 3.29. The highest BCUT2D eigenvalue weighted by molar-refractivity contribution is 5.84. The van der Waals surface area contributed by atoms with Gasteiger partial charge in [-0.05, 0) is 39.5 Å².